The molecule has 8 nitrogen and oxygen atoms in total. The highest BCUT2D eigenvalue weighted by atomic mass is 32.2. The van der Waals surface area contributed by atoms with Crippen molar-refractivity contribution in [3.05, 3.63) is 95.6 Å². The van der Waals surface area contributed by atoms with E-state index in [2.05, 4.69) is 5.32 Å². The van der Waals surface area contributed by atoms with Gasteiger partial charge < -0.3 is 15.0 Å². The predicted molar refractivity (Wildman–Crippen MR) is 156 cm³/mol. The second kappa shape index (κ2) is 14.6. The fraction of sp³-hybridized carbons (Fsp3) is 0.355. The Hall–Kier alpha value is -3.69. The van der Waals surface area contributed by atoms with Gasteiger partial charge in [-0.15, -0.1) is 0 Å². The van der Waals surface area contributed by atoms with Crippen LogP contribution in [0.4, 0.5) is 0 Å². The number of ether oxygens (including phenoxy) is 1. The van der Waals surface area contributed by atoms with Crippen LogP contribution in [0.3, 0.4) is 0 Å². The van der Waals surface area contributed by atoms with Crippen molar-refractivity contribution in [3.8, 4) is 5.75 Å². The van der Waals surface area contributed by atoms with E-state index in [4.69, 9.17) is 4.74 Å². The van der Waals surface area contributed by atoms with Gasteiger partial charge in [0.2, 0.25) is 21.8 Å². The second-order valence-electron chi connectivity index (χ2n) is 9.80. The van der Waals surface area contributed by atoms with Gasteiger partial charge in [-0.2, -0.15) is 4.31 Å². The zero-order valence-corrected chi connectivity index (χ0v) is 24.5. The van der Waals surface area contributed by atoms with Gasteiger partial charge in [0.05, 0.1) is 18.6 Å². The molecule has 0 heterocycles. The minimum atomic E-state index is -3.92. The fourth-order valence-corrected chi connectivity index (χ4v) is 5.40. The molecule has 0 aliphatic rings. The van der Waals surface area contributed by atoms with Crippen molar-refractivity contribution in [2.24, 2.45) is 0 Å². The molecule has 0 fully saturated rings. The maximum absolute atomic E-state index is 13.9. The lowest BCUT2D eigenvalue weighted by molar-refractivity contribution is -0.141. The lowest BCUT2D eigenvalue weighted by atomic mass is 10.0. The first-order valence-corrected chi connectivity index (χ1v) is 14.9. The average Bonchev–Trinajstić information content (AvgIpc) is 2.95. The number of rotatable bonds is 14. The molecule has 40 heavy (non-hydrogen) atoms. The van der Waals surface area contributed by atoms with E-state index in [9.17, 15) is 18.0 Å². The topological polar surface area (TPSA) is 96.0 Å². The molecule has 2 amide bonds. The van der Waals surface area contributed by atoms with Gasteiger partial charge in [0.1, 0.15) is 11.8 Å². The van der Waals surface area contributed by atoms with Crippen LogP contribution < -0.4 is 10.1 Å². The van der Waals surface area contributed by atoms with Crippen LogP contribution in [0.2, 0.25) is 0 Å². The summed E-state index contributed by atoms with van der Waals surface area (Å²) >= 11 is 0. The van der Waals surface area contributed by atoms with Gasteiger partial charge in [0.25, 0.3) is 0 Å². The third-order valence-corrected chi connectivity index (χ3v) is 8.49. The number of aryl methyl sites for hydroxylation is 1. The Bertz CT molecular complexity index is 1360. The molecule has 0 spiro atoms. The average molecular weight is 566 g/mol. The number of hydrogen-bond donors (Lipinski definition) is 1. The number of sulfonamides is 1. The molecule has 0 saturated carbocycles. The highest BCUT2D eigenvalue weighted by Gasteiger charge is 2.33. The lowest BCUT2D eigenvalue weighted by Crippen LogP contribution is -2.53. The molecule has 3 aromatic carbocycles. The van der Waals surface area contributed by atoms with Crippen molar-refractivity contribution in [1.82, 2.24) is 14.5 Å². The molecule has 3 rings (SSSR count). The largest absolute Gasteiger partial charge is 0.497 e. The number of nitrogens with one attached hydrogen (secondary N) is 1. The summed E-state index contributed by atoms with van der Waals surface area (Å²) in [6.07, 6.45) is 2.01. The Balaban J connectivity index is 1.97. The molecular weight excluding hydrogens is 526 g/mol. The quantitative estimate of drug-likeness (QED) is 0.296. The first kappa shape index (κ1) is 30.8. The minimum Gasteiger partial charge on any atom is -0.497 e. The first-order valence-electron chi connectivity index (χ1n) is 13.4. The van der Waals surface area contributed by atoms with Gasteiger partial charge >= 0.3 is 0 Å². The molecule has 214 valence electrons. The first-order chi connectivity index (χ1) is 19.1. The maximum Gasteiger partial charge on any atom is 0.243 e. The highest BCUT2D eigenvalue weighted by Crippen LogP contribution is 2.20. The van der Waals surface area contributed by atoms with E-state index in [0.29, 0.717) is 12.3 Å². The number of nitrogens with zero attached hydrogens (tertiary/aromatic N) is 2. The summed E-state index contributed by atoms with van der Waals surface area (Å²) in [7, 11) is -0.984. The summed E-state index contributed by atoms with van der Waals surface area (Å²) in [5.74, 6) is -0.138. The van der Waals surface area contributed by atoms with Crippen LogP contribution in [0.1, 0.15) is 36.5 Å². The number of benzene rings is 3. The molecule has 1 unspecified atom stereocenters. The van der Waals surface area contributed by atoms with Gasteiger partial charge in [-0.3, -0.25) is 9.59 Å². The summed E-state index contributed by atoms with van der Waals surface area (Å²) in [6, 6.07) is 22.4. The van der Waals surface area contributed by atoms with Crippen molar-refractivity contribution in [3.63, 3.8) is 0 Å². The summed E-state index contributed by atoms with van der Waals surface area (Å²) in [5, 5.41) is 2.97. The SMILES string of the molecule is CCCCNC(=O)C(Cc1ccccc1)N(Cc1cccc(OC)c1)C(=O)CN(C)S(=O)(=O)c1ccc(C)cc1. The van der Waals surface area contributed by atoms with E-state index in [1.807, 2.05) is 62.4 Å². The Morgan fingerprint density at radius 2 is 1.62 bits per heavy atom. The van der Waals surface area contributed by atoms with Gasteiger partial charge in [0.15, 0.2) is 0 Å². The second-order valence-corrected chi connectivity index (χ2v) is 11.8. The number of methoxy groups -OCH3 is 1. The fourth-order valence-electron chi connectivity index (χ4n) is 4.28. The van der Waals surface area contributed by atoms with E-state index in [-0.39, 0.29) is 23.8 Å². The van der Waals surface area contributed by atoms with E-state index >= 15 is 0 Å². The number of carbonyl (C=O) groups is 2. The van der Waals surface area contributed by atoms with Gasteiger partial charge in [0, 0.05) is 26.6 Å². The number of unbranched alkanes of at least 4 members (excludes halogenated alkanes) is 1. The Labute approximate surface area is 238 Å². The number of carbonyl (C=O) groups excluding carboxylic acids is 2. The van der Waals surface area contributed by atoms with Crippen LogP contribution >= 0.6 is 0 Å². The van der Waals surface area contributed by atoms with Crippen LogP contribution in [0.15, 0.2) is 83.8 Å². The molecule has 1 N–H and O–H groups in total. The molecule has 0 aromatic heterocycles. The predicted octanol–water partition coefficient (Wildman–Crippen LogP) is 4.18. The monoisotopic (exact) mass is 565 g/mol. The third-order valence-electron chi connectivity index (χ3n) is 6.67. The maximum atomic E-state index is 13.9. The summed E-state index contributed by atoms with van der Waals surface area (Å²) in [5.41, 5.74) is 2.58. The molecule has 0 saturated heterocycles. The molecule has 0 bridgehead atoms. The van der Waals surface area contributed by atoms with Crippen molar-refractivity contribution in [2.45, 2.75) is 50.6 Å². The third kappa shape index (κ3) is 8.40. The van der Waals surface area contributed by atoms with Gasteiger partial charge in [-0.05, 0) is 48.7 Å². The van der Waals surface area contributed by atoms with E-state index in [1.54, 1.807) is 25.3 Å². The zero-order valence-electron chi connectivity index (χ0n) is 23.7. The molecule has 0 radical (unpaired) electrons. The Morgan fingerprint density at radius 3 is 2.27 bits per heavy atom. The highest BCUT2D eigenvalue weighted by molar-refractivity contribution is 7.89. The zero-order chi connectivity index (χ0) is 29.1. The van der Waals surface area contributed by atoms with Gasteiger partial charge in [-0.25, -0.2) is 8.42 Å². The normalized spacial score (nSPS) is 12.1. The van der Waals surface area contributed by atoms with Crippen molar-refractivity contribution >= 4 is 21.8 Å². The summed E-state index contributed by atoms with van der Waals surface area (Å²) in [4.78, 5) is 29.1. The van der Waals surface area contributed by atoms with Crippen LogP contribution in [0.25, 0.3) is 0 Å². The Morgan fingerprint density at radius 1 is 0.950 bits per heavy atom. The van der Waals surface area contributed by atoms with Crippen LogP contribution in [-0.4, -0.2) is 62.7 Å². The van der Waals surface area contributed by atoms with E-state index in [1.165, 1.54) is 24.1 Å². The number of amides is 2. The van der Waals surface area contributed by atoms with Crippen molar-refractivity contribution in [2.75, 3.05) is 27.2 Å². The molecule has 1 atom stereocenters. The van der Waals surface area contributed by atoms with Crippen molar-refractivity contribution in [1.29, 1.82) is 0 Å². The standard InChI is InChI=1S/C31H39N3O5S/c1-5-6-19-32-31(36)29(21-25-11-8-7-9-12-25)34(22-26-13-10-14-27(20-26)39-4)30(35)23-33(3)40(37,38)28-17-15-24(2)16-18-28/h7-18,20,29H,5-6,19,21-23H2,1-4H3,(H,32,36). The summed E-state index contributed by atoms with van der Waals surface area (Å²) in [6.45, 7) is 4.08. The molecular formula is C31H39N3O5S. The van der Waals surface area contributed by atoms with Crippen LogP contribution in [0.5, 0.6) is 5.75 Å². The van der Waals surface area contributed by atoms with E-state index < -0.39 is 28.5 Å². The minimum absolute atomic E-state index is 0.103. The van der Waals surface area contributed by atoms with Crippen molar-refractivity contribution < 1.29 is 22.7 Å². The lowest BCUT2D eigenvalue weighted by Gasteiger charge is -2.32. The van der Waals surface area contributed by atoms with Crippen LogP contribution in [-0.2, 0) is 32.6 Å². The van der Waals surface area contributed by atoms with Crippen LogP contribution in [0, 0.1) is 6.92 Å². The molecule has 0 aliphatic heterocycles. The Kier molecular flexibility index (Phi) is 11.3. The van der Waals surface area contributed by atoms with Gasteiger partial charge in [-0.1, -0.05) is 73.5 Å². The molecule has 9 heteroatoms. The number of likely N-dealkylation sites (N-methyl/N-ethyl adjacent to an activating group) is 1. The molecule has 0 aliphatic carbocycles. The molecule has 3 aromatic rings. The van der Waals surface area contributed by atoms with E-state index in [0.717, 1.165) is 33.8 Å². The summed E-state index contributed by atoms with van der Waals surface area (Å²) < 4.78 is 32.9. The smallest absolute Gasteiger partial charge is 0.243 e. The number of hydrogen-bond acceptors (Lipinski definition) is 5.